The lowest BCUT2D eigenvalue weighted by atomic mass is 10.0. The highest BCUT2D eigenvalue weighted by molar-refractivity contribution is 5.28. The summed E-state index contributed by atoms with van der Waals surface area (Å²) in [6.07, 6.45) is -0.822. The molecule has 2 nitrogen and oxygen atoms in total. The van der Waals surface area contributed by atoms with Crippen LogP contribution in [-0.2, 0) is 6.18 Å². The minimum absolute atomic E-state index is 0.357. The lowest BCUT2D eigenvalue weighted by molar-refractivity contribution is -0.137. The molecule has 0 amide bonds. The fourth-order valence-electron chi connectivity index (χ4n) is 2.29. The predicted molar refractivity (Wildman–Crippen MR) is 67.2 cm³/mol. The molecule has 1 atom stereocenters. The molecule has 0 N–H and O–H groups in total. The van der Waals surface area contributed by atoms with E-state index in [1.165, 1.54) is 25.0 Å². The highest BCUT2D eigenvalue weighted by atomic mass is 19.4. The van der Waals surface area contributed by atoms with Crippen LogP contribution >= 0.6 is 0 Å². The third kappa shape index (κ3) is 3.86. The van der Waals surface area contributed by atoms with Gasteiger partial charge in [-0.1, -0.05) is 6.42 Å². The van der Waals surface area contributed by atoms with Crippen LogP contribution in [0.1, 0.15) is 24.8 Å². The van der Waals surface area contributed by atoms with Crippen LogP contribution in [-0.4, -0.2) is 31.1 Å². The molecule has 19 heavy (non-hydrogen) atoms. The first-order chi connectivity index (χ1) is 8.97. The van der Waals surface area contributed by atoms with Crippen molar-refractivity contribution in [3.05, 3.63) is 29.8 Å². The summed E-state index contributed by atoms with van der Waals surface area (Å²) in [6.45, 7) is 1.59. The SMILES string of the molecule is CN1CCCCC1COc1ccc(C(F)(F)F)cc1. The molecule has 1 fully saturated rings. The van der Waals surface area contributed by atoms with Gasteiger partial charge in [-0.15, -0.1) is 0 Å². The first-order valence-corrected chi connectivity index (χ1v) is 6.47. The van der Waals surface area contributed by atoms with E-state index in [4.69, 9.17) is 4.74 Å². The quantitative estimate of drug-likeness (QED) is 0.834. The van der Waals surface area contributed by atoms with Crippen molar-refractivity contribution in [3.8, 4) is 5.75 Å². The van der Waals surface area contributed by atoms with Crippen molar-refractivity contribution in [2.75, 3.05) is 20.2 Å². The van der Waals surface area contributed by atoms with E-state index in [2.05, 4.69) is 11.9 Å². The second-order valence-corrected chi connectivity index (χ2v) is 4.96. The maximum absolute atomic E-state index is 12.4. The van der Waals surface area contributed by atoms with Gasteiger partial charge in [-0.05, 0) is 50.7 Å². The smallest absolute Gasteiger partial charge is 0.416 e. The van der Waals surface area contributed by atoms with Gasteiger partial charge in [0.05, 0.1) is 5.56 Å². The number of piperidine rings is 1. The molecule has 1 aromatic carbocycles. The second kappa shape index (κ2) is 5.82. The van der Waals surface area contributed by atoms with Crippen molar-refractivity contribution in [2.45, 2.75) is 31.5 Å². The minimum atomic E-state index is -4.29. The van der Waals surface area contributed by atoms with Crippen LogP contribution in [0.5, 0.6) is 5.75 Å². The lowest BCUT2D eigenvalue weighted by Gasteiger charge is -2.32. The Hall–Kier alpha value is -1.23. The highest BCUT2D eigenvalue weighted by Crippen LogP contribution is 2.30. The Morgan fingerprint density at radius 1 is 1.21 bits per heavy atom. The Labute approximate surface area is 111 Å². The van der Waals surface area contributed by atoms with Crippen molar-refractivity contribution in [1.29, 1.82) is 0 Å². The highest BCUT2D eigenvalue weighted by Gasteiger charge is 2.30. The van der Waals surface area contributed by atoms with Crippen LogP contribution in [0.25, 0.3) is 0 Å². The number of ether oxygens (including phenoxy) is 1. The molecule has 1 aliphatic heterocycles. The number of benzene rings is 1. The zero-order valence-corrected chi connectivity index (χ0v) is 10.9. The molecule has 0 aliphatic carbocycles. The number of likely N-dealkylation sites (tertiary alicyclic amines) is 1. The first kappa shape index (κ1) is 14.2. The fourth-order valence-corrected chi connectivity index (χ4v) is 2.29. The summed E-state index contributed by atoms with van der Waals surface area (Å²) in [4.78, 5) is 2.24. The maximum atomic E-state index is 12.4. The van der Waals surface area contributed by atoms with Crippen molar-refractivity contribution in [2.24, 2.45) is 0 Å². The van der Waals surface area contributed by atoms with Gasteiger partial charge in [0.15, 0.2) is 0 Å². The summed E-state index contributed by atoms with van der Waals surface area (Å²) in [5.74, 6) is 0.493. The molecule has 1 aromatic rings. The summed E-state index contributed by atoms with van der Waals surface area (Å²) < 4.78 is 42.8. The molecule has 1 heterocycles. The molecule has 1 aliphatic rings. The fraction of sp³-hybridized carbons (Fsp3) is 0.571. The molecule has 106 valence electrons. The van der Waals surface area contributed by atoms with E-state index in [-0.39, 0.29) is 0 Å². The normalized spacial score (nSPS) is 21.4. The molecule has 0 aromatic heterocycles. The molecule has 5 heteroatoms. The average Bonchev–Trinajstić information content (AvgIpc) is 2.37. The van der Waals surface area contributed by atoms with Crippen LogP contribution < -0.4 is 4.74 Å². The van der Waals surface area contributed by atoms with Gasteiger partial charge in [0.25, 0.3) is 0 Å². The predicted octanol–water partition coefficient (Wildman–Crippen LogP) is 3.57. The number of hydrogen-bond donors (Lipinski definition) is 0. The Bertz CT molecular complexity index is 402. The number of rotatable bonds is 3. The molecule has 0 saturated carbocycles. The molecule has 0 spiro atoms. The van der Waals surface area contributed by atoms with Gasteiger partial charge in [-0.2, -0.15) is 13.2 Å². The van der Waals surface area contributed by atoms with Gasteiger partial charge in [0.2, 0.25) is 0 Å². The summed E-state index contributed by atoms with van der Waals surface area (Å²) in [6, 6.07) is 5.23. The summed E-state index contributed by atoms with van der Waals surface area (Å²) in [5, 5.41) is 0. The van der Waals surface area contributed by atoms with E-state index in [1.807, 2.05) is 0 Å². The van der Waals surface area contributed by atoms with E-state index < -0.39 is 11.7 Å². The Morgan fingerprint density at radius 2 is 1.89 bits per heavy atom. The van der Waals surface area contributed by atoms with Gasteiger partial charge < -0.3 is 9.64 Å². The number of alkyl halides is 3. The van der Waals surface area contributed by atoms with Crippen LogP contribution in [0.3, 0.4) is 0 Å². The van der Waals surface area contributed by atoms with E-state index in [9.17, 15) is 13.2 Å². The van der Waals surface area contributed by atoms with Crippen molar-refractivity contribution < 1.29 is 17.9 Å². The third-order valence-corrected chi connectivity index (χ3v) is 3.55. The number of hydrogen-bond acceptors (Lipinski definition) is 2. The number of halogens is 3. The second-order valence-electron chi connectivity index (χ2n) is 4.96. The minimum Gasteiger partial charge on any atom is -0.492 e. The topological polar surface area (TPSA) is 12.5 Å². The zero-order valence-electron chi connectivity index (χ0n) is 10.9. The standard InChI is InChI=1S/C14H18F3NO/c1-18-9-3-2-4-12(18)10-19-13-7-5-11(6-8-13)14(15,16)17/h5-8,12H,2-4,9-10H2,1H3. The van der Waals surface area contributed by atoms with Gasteiger partial charge >= 0.3 is 6.18 Å². The maximum Gasteiger partial charge on any atom is 0.416 e. The van der Waals surface area contributed by atoms with Crippen LogP contribution in [0, 0.1) is 0 Å². The van der Waals surface area contributed by atoms with Gasteiger partial charge in [-0.25, -0.2) is 0 Å². The van der Waals surface area contributed by atoms with Gasteiger partial charge in [-0.3, -0.25) is 0 Å². The van der Waals surface area contributed by atoms with Crippen LogP contribution in [0.4, 0.5) is 13.2 Å². The first-order valence-electron chi connectivity index (χ1n) is 6.47. The van der Waals surface area contributed by atoms with E-state index in [0.29, 0.717) is 18.4 Å². The largest absolute Gasteiger partial charge is 0.492 e. The van der Waals surface area contributed by atoms with Crippen molar-refractivity contribution in [1.82, 2.24) is 4.90 Å². The Balaban J connectivity index is 1.89. The number of nitrogens with zero attached hydrogens (tertiary/aromatic N) is 1. The molecule has 0 bridgehead atoms. The van der Waals surface area contributed by atoms with Crippen LogP contribution in [0.15, 0.2) is 24.3 Å². The lowest BCUT2D eigenvalue weighted by Crippen LogP contribution is -2.40. The monoisotopic (exact) mass is 273 g/mol. The summed E-state index contributed by atoms with van der Waals surface area (Å²) >= 11 is 0. The number of likely N-dealkylation sites (N-methyl/N-ethyl adjacent to an activating group) is 1. The van der Waals surface area contributed by atoms with Crippen molar-refractivity contribution in [3.63, 3.8) is 0 Å². The molecular weight excluding hydrogens is 255 g/mol. The zero-order chi connectivity index (χ0) is 13.9. The Morgan fingerprint density at radius 3 is 2.47 bits per heavy atom. The Kier molecular flexibility index (Phi) is 4.34. The molecule has 1 saturated heterocycles. The average molecular weight is 273 g/mol. The van der Waals surface area contributed by atoms with Gasteiger partial charge in [0, 0.05) is 6.04 Å². The molecule has 0 radical (unpaired) electrons. The van der Waals surface area contributed by atoms with Crippen molar-refractivity contribution >= 4 is 0 Å². The molecule has 2 rings (SSSR count). The summed E-state index contributed by atoms with van der Waals surface area (Å²) in [5.41, 5.74) is -0.644. The summed E-state index contributed by atoms with van der Waals surface area (Å²) in [7, 11) is 2.06. The molecule has 1 unspecified atom stereocenters. The molecular formula is C14H18F3NO. The van der Waals surface area contributed by atoms with E-state index in [0.717, 1.165) is 25.1 Å². The van der Waals surface area contributed by atoms with E-state index in [1.54, 1.807) is 0 Å². The third-order valence-electron chi connectivity index (χ3n) is 3.55. The van der Waals surface area contributed by atoms with Gasteiger partial charge in [0.1, 0.15) is 12.4 Å². The van der Waals surface area contributed by atoms with E-state index >= 15 is 0 Å². The van der Waals surface area contributed by atoms with Crippen LogP contribution in [0.2, 0.25) is 0 Å².